The zero-order chi connectivity index (χ0) is 20.0. The van der Waals surface area contributed by atoms with Crippen LogP contribution in [0.5, 0.6) is 0 Å². The normalized spacial score (nSPS) is 11.7. The van der Waals surface area contributed by atoms with Crippen molar-refractivity contribution in [3.63, 3.8) is 0 Å². The number of terminal acetylenes is 1. The molecule has 0 aliphatic carbocycles. The highest BCUT2D eigenvalue weighted by Gasteiger charge is 2.27. The van der Waals surface area contributed by atoms with Gasteiger partial charge in [0.05, 0.1) is 30.2 Å². The number of nitrogens with zero attached hydrogens (tertiary/aromatic N) is 3. The summed E-state index contributed by atoms with van der Waals surface area (Å²) in [5, 5.41) is -0.697. The molecule has 2 rings (SSSR count). The van der Waals surface area contributed by atoms with Gasteiger partial charge in [-0.2, -0.15) is 0 Å². The molecule has 5 nitrogen and oxygen atoms in total. The second-order valence-electron chi connectivity index (χ2n) is 6.47. The molecule has 7 heteroatoms. The highest BCUT2D eigenvalue weighted by molar-refractivity contribution is 7.91. The summed E-state index contributed by atoms with van der Waals surface area (Å²) in [6.07, 6.45) is 8.65. The first-order valence-corrected chi connectivity index (χ1v) is 10.1. The van der Waals surface area contributed by atoms with Gasteiger partial charge in [0.25, 0.3) is 0 Å². The lowest BCUT2D eigenvalue weighted by Crippen LogP contribution is -2.26. The molecule has 0 atom stereocenters. The molecule has 0 aliphatic heterocycles. The van der Waals surface area contributed by atoms with Gasteiger partial charge in [-0.05, 0) is 19.9 Å². The van der Waals surface area contributed by atoms with Crippen molar-refractivity contribution >= 4 is 9.84 Å². The standard InChI is InChI=1S/C20H24FN3O2S/c1-5-11-23(12-6-2)15-18-13-22-20(27(25,26)16(3)4)24(18)14-17-9-7-8-10-19(17)21/h1,6-10,13,16H,2,11-12,14-15H2,3-4H3. The van der Waals surface area contributed by atoms with Crippen molar-refractivity contribution in [1.82, 2.24) is 14.5 Å². The molecular formula is C20H24FN3O2S. The van der Waals surface area contributed by atoms with E-state index >= 15 is 0 Å². The lowest BCUT2D eigenvalue weighted by Gasteiger charge is -2.20. The summed E-state index contributed by atoms with van der Waals surface area (Å²) < 4.78 is 41.2. The van der Waals surface area contributed by atoms with Crippen LogP contribution in [0.1, 0.15) is 25.1 Å². The SMILES string of the molecule is C#CCN(CC=C)Cc1cnc(S(=O)(=O)C(C)C)n1Cc1ccccc1F. The van der Waals surface area contributed by atoms with E-state index in [0.717, 1.165) is 0 Å². The van der Waals surface area contributed by atoms with Gasteiger partial charge in [0.2, 0.25) is 15.0 Å². The Balaban J connectivity index is 2.51. The van der Waals surface area contributed by atoms with Crippen molar-refractivity contribution in [3.05, 3.63) is 60.2 Å². The number of aromatic nitrogens is 2. The molecule has 0 fully saturated rings. The van der Waals surface area contributed by atoms with Gasteiger partial charge >= 0.3 is 0 Å². The van der Waals surface area contributed by atoms with Crippen molar-refractivity contribution in [1.29, 1.82) is 0 Å². The van der Waals surface area contributed by atoms with E-state index in [1.54, 1.807) is 42.7 Å². The number of halogens is 1. The van der Waals surface area contributed by atoms with E-state index in [0.29, 0.717) is 30.9 Å². The first-order valence-electron chi connectivity index (χ1n) is 8.59. The van der Waals surface area contributed by atoms with Crippen LogP contribution in [0, 0.1) is 18.2 Å². The van der Waals surface area contributed by atoms with Gasteiger partial charge in [-0.3, -0.25) is 4.90 Å². The van der Waals surface area contributed by atoms with Gasteiger partial charge in [0.1, 0.15) is 5.82 Å². The van der Waals surface area contributed by atoms with Crippen molar-refractivity contribution in [3.8, 4) is 12.3 Å². The maximum absolute atomic E-state index is 14.2. The smallest absolute Gasteiger partial charge is 0.228 e. The summed E-state index contributed by atoms with van der Waals surface area (Å²) in [6.45, 7) is 8.28. The van der Waals surface area contributed by atoms with Gasteiger partial charge < -0.3 is 4.57 Å². The minimum absolute atomic E-state index is 0.0602. The molecule has 2 aromatic rings. The van der Waals surface area contributed by atoms with Crippen LogP contribution in [-0.2, 0) is 22.9 Å². The Morgan fingerprint density at radius 2 is 2.11 bits per heavy atom. The number of benzene rings is 1. The van der Waals surface area contributed by atoms with E-state index in [9.17, 15) is 12.8 Å². The van der Waals surface area contributed by atoms with Crippen LogP contribution < -0.4 is 0 Å². The maximum Gasteiger partial charge on any atom is 0.228 e. The fourth-order valence-electron chi connectivity index (χ4n) is 2.65. The second kappa shape index (κ2) is 8.98. The lowest BCUT2D eigenvalue weighted by atomic mass is 10.2. The third-order valence-corrected chi connectivity index (χ3v) is 6.23. The van der Waals surface area contributed by atoms with Crippen LogP contribution in [0.15, 0.2) is 48.3 Å². The fourth-order valence-corrected chi connectivity index (χ4v) is 3.76. The Morgan fingerprint density at radius 1 is 1.41 bits per heavy atom. The molecule has 0 unspecified atom stereocenters. The van der Waals surface area contributed by atoms with Gasteiger partial charge in [-0.15, -0.1) is 13.0 Å². The largest absolute Gasteiger partial charge is 0.313 e. The number of imidazole rings is 1. The third-order valence-electron chi connectivity index (χ3n) is 4.15. The zero-order valence-corrected chi connectivity index (χ0v) is 16.4. The average molecular weight is 389 g/mol. The number of sulfone groups is 1. The summed E-state index contributed by atoms with van der Waals surface area (Å²) in [6, 6.07) is 6.30. The third kappa shape index (κ3) is 4.85. The molecule has 27 heavy (non-hydrogen) atoms. The molecule has 0 radical (unpaired) electrons. The molecule has 1 heterocycles. The van der Waals surface area contributed by atoms with E-state index in [-0.39, 0.29) is 11.7 Å². The number of hydrogen-bond acceptors (Lipinski definition) is 4. The van der Waals surface area contributed by atoms with Crippen LogP contribution in [0.25, 0.3) is 0 Å². The van der Waals surface area contributed by atoms with Gasteiger partial charge in [-0.25, -0.2) is 17.8 Å². The molecule has 0 aliphatic rings. The molecule has 0 saturated heterocycles. The van der Waals surface area contributed by atoms with E-state index in [1.165, 1.54) is 12.3 Å². The van der Waals surface area contributed by atoms with Crippen LogP contribution in [0.4, 0.5) is 4.39 Å². The van der Waals surface area contributed by atoms with Crippen LogP contribution in [-0.4, -0.2) is 41.2 Å². The Kier molecular flexibility index (Phi) is 6.94. The number of rotatable bonds is 9. The Bertz CT molecular complexity index is 942. The van der Waals surface area contributed by atoms with Crippen molar-refractivity contribution in [2.45, 2.75) is 37.3 Å². The quantitative estimate of drug-likeness (QED) is 0.489. The predicted molar refractivity (Wildman–Crippen MR) is 104 cm³/mol. The molecule has 0 N–H and O–H groups in total. The zero-order valence-electron chi connectivity index (χ0n) is 15.6. The van der Waals surface area contributed by atoms with Crippen molar-refractivity contribution < 1.29 is 12.8 Å². The van der Waals surface area contributed by atoms with Crippen molar-refractivity contribution in [2.75, 3.05) is 13.1 Å². The first-order chi connectivity index (χ1) is 12.8. The summed E-state index contributed by atoms with van der Waals surface area (Å²) >= 11 is 0. The summed E-state index contributed by atoms with van der Waals surface area (Å²) in [7, 11) is -3.63. The minimum Gasteiger partial charge on any atom is -0.313 e. The maximum atomic E-state index is 14.2. The highest BCUT2D eigenvalue weighted by Crippen LogP contribution is 2.21. The molecule has 1 aromatic heterocycles. The summed E-state index contributed by atoms with van der Waals surface area (Å²) in [4.78, 5) is 6.08. The van der Waals surface area contributed by atoms with Crippen LogP contribution in [0.2, 0.25) is 0 Å². The monoisotopic (exact) mass is 389 g/mol. The van der Waals surface area contributed by atoms with E-state index in [1.807, 2.05) is 4.90 Å². The van der Waals surface area contributed by atoms with E-state index in [4.69, 9.17) is 6.42 Å². The van der Waals surface area contributed by atoms with E-state index in [2.05, 4.69) is 17.5 Å². The molecule has 0 amide bonds. The van der Waals surface area contributed by atoms with Crippen LogP contribution >= 0.6 is 0 Å². The highest BCUT2D eigenvalue weighted by atomic mass is 32.2. The molecule has 144 valence electrons. The van der Waals surface area contributed by atoms with Gasteiger partial charge in [0, 0.05) is 18.7 Å². The molecule has 0 spiro atoms. The fraction of sp³-hybridized carbons (Fsp3) is 0.350. The second-order valence-corrected chi connectivity index (χ2v) is 8.86. The molecule has 0 saturated carbocycles. The molecular weight excluding hydrogens is 365 g/mol. The van der Waals surface area contributed by atoms with Gasteiger partial charge in [0.15, 0.2) is 0 Å². The average Bonchev–Trinajstić information content (AvgIpc) is 3.00. The lowest BCUT2D eigenvalue weighted by molar-refractivity contribution is 0.321. The van der Waals surface area contributed by atoms with Gasteiger partial charge in [-0.1, -0.05) is 30.2 Å². The number of hydrogen-bond donors (Lipinski definition) is 0. The predicted octanol–water partition coefficient (Wildman–Crippen LogP) is 2.87. The molecule has 1 aromatic carbocycles. The van der Waals surface area contributed by atoms with E-state index < -0.39 is 20.9 Å². The minimum atomic E-state index is -3.63. The topological polar surface area (TPSA) is 55.2 Å². The summed E-state index contributed by atoms with van der Waals surface area (Å²) in [5.74, 6) is 2.18. The van der Waals surface area contributed by atoms with Crippen molar-refractivity contribution in [2.24, 2.45) is 0 Å². The Morgan fingerprint density at radius 3 is 2.70 bits per heavy atom. The first kappa shape index (κ1) is 20.9. The summed E-state index contributed by atoms with van der Waals surface area (Å²) in [5.41, 5.74) is 1.04. The molecule has 0 bridgehead atoms. The Hall–Kier alpha value is -2.43. The van der Waals surface area contributed by atoms with Crippen LogP contribution in [0.3, 0.4) is 0 Å². The Labute approximate surface area is 160 Å².